The average Bonchev–Trinajstić information content (AvgIpc) is 2.52. The number of hydrogen-bond acceptors (Lipinski definition) is 3. The van der Waals surface area contributed by atoms with Crippen LogP contribution in [0.2, 0.25) is 0 Å². The Bertz CT molecular complexity index is 603. The van der Waals surface area contributed by atoms with Gasteiger partial charge in [0, 0.05) is 0 Å². The lowest BCUT2D eigenvalue weighted by molar-refractivity contribution is -0.862. The summed E-state index contributed by atoms with van der Waals surface area (Å²) in [5.74, 6) is 4.28. The molecule has 2 rings (SSSR count). The van der Waals surface area contributed by atoms with Crippen molar-refractivity contribution < 1.29 is 18.4 Å². The Balaban J connectivity index is 2.02. The molecule has 0 N–H and O–H groups in total. The zero-order valence-electron chi connectivity index (χ0n) is 13.7. The minimum absolute atomic E-state index is 0.654. The highest BCUT2D eigenvalue weighted by Gasteiger charge is 2.29. The van der Waals surface area contributed by atoms with E-state index in [0.717, 1.165) is 4.48 Å². The lowest BCUT2D eigenvalue weighted by Gasteiger charge is -2.19. The molecule has 0 amide bonds. The minimum Gasteiger partial charge on any atom is -0.489 e. The highest BCUT2D eigenvalue weighted by atomic mass is 16.7. The van der Waals surface area contributed by atoms with Crippen molar-refractivity contribution in [1.29, 1.82) is 0 Å². The fourth-order valence-electron chi connectivity index (χ4n) is 1.65. The van der Waals surface area contributed by atoms with Crippen molar-refractivity contribution in [1.82, 2.24) is 0 Å². The van der Waals surface area contributed by atoms with Crippen LogP contribution in [0.15, 0.2) is 60.7 Å². The molecule has 0 fully saturated rings. The number of nitrogens with zero attached hydrogens (tertiary/aromatic N) is 1. The number of para-hydroxylation sites is 2. The third-order valence-electron chi connectivity index (χ3n) is 2.73. The highest BCUT2D eigenvalue weighted by molar-refractivity contribution is 6.39. The van der Waals surface area contributed by atoms with Gasteiger partial charge in [-0.1, -0.05) is 36.4 Å². The van der Waals surface area contributed by atoms with Gasteiger partial charge in [0.25, 0.3) is 0 Å². The standard InChI is InChI=1S/C18H21BNO3/c1-20(2,3)15-10-16-21-19(22-17-11-6-4-7-12-17)23-18-13-8-5-9-14-18/h4-9,11-14H,15H2,1-3H3/q+1. The summed E-state index contributed by atoms with van der Waals surface area (Å²) in [5.41, 5.74) is 0. The monoisotopic (exact) mass is 310 g/mol. The number of rotatable bonds is 6. The van der Waals surface area contributed by atoms with Crippen molar-refractivity contribution in [2.75, 3.05) is 27.7 Å². The van der Waals surface area contributed by atoms with E-state index in [-0.39, 0.29) is 0 Å². The Morgan fingerprint density at radius 1 is 0.826 bits per heavy atom. The van der Waals surface area contributed by atoms with Gasteiger partial charge in [0.2, 0.25) is 0 Å². The second kappa shape index (κ2) is 8.16. The summed E-state index contributed by atoms with van der Waals surface area (Å²) < 4.78 is 17.6. The van der Waals surface area contributed by atoms with Gasteiger partial charge in [0.1, 0.15) is 24.2 Å². The predicted molar refractivity (Wildman–Crippen MR) is 91.7 cm³/mol. The first-order chi connectivity index (χ1) is 11.0. The minimum atomic E-state index is -0.931. The molecule has 2 aromatic carbocycles. The Labute approximate surface area is 138 Å². The zero-order valence-corrected chi connectivity index (χ0v) is 13.7. The SMILES string of the molecule is C[N+](C)(C)CC#COB(Oc1ccccc1)Oc1ccccc1. The molecule has 0 spiro atoms. The third-order valence-corrected chi connectivity index (χ3v) is 2.73. The molecule has 0 saturated heterocycles. The van der Waals surface area contributed by atoms with Crippen LogP contribution < -0.4 is 9.31 Å². The lowest BCUT2D eigenvalue weighted by atomic mass is 10.2. The maximum absolute atomic E-state index is 5.70. The molecule has 2 aromatic rings. The second-order valence-electron chi connectivity index (χ2n) is 6.00. The first-order valence-corrected chi connectivity index (χ1v) is 7.40. The van der Waals surface area contributed by atoms with E-state index >= 15 is 0 Å². The van der Waals surface area contributed by atoms with Crippen molar-refractivity contribution >= 4 is 7.32 Å². The Kier molecular flexibility index (Phi) is 5.96. The Morgan fingerprint density at radius 3 is 1.74 bits per heavy atom. The molecule has 4 nitrogen and oxygen atoms in total. The summed E-state index contributed by atoms with van der Waals surface area (Å²) in [6.07, 6.45) is 2.67. The van der Waals surface area contributed by atoms with Crippen LogP contribution in [-0.4, -0.2) is 39.5 Å². The maximum atomic E-state index is 5.70. The number of quaternary nitrogens is 1. The maximum Gasteiger partial charge on any atom is 0.873 e. The van der Waals surface area contributed by atoms with E-state index in [9.17, 15) is 0 Å². The largest absolute Gasteiger partial charge is 0.873 e. The fourth-order valence-corrected chi connectivity index (χ4v) is 1.65. The van der Waals surface area contributed by atoms with Crippen LogP contribution in [0.25, 0.3) is 0 Å². The average molecular weight is 310 g/mol. The van der Waals surface area contributed by atoms with Gasteiger partial charge in [-0.25, -0.2) is 0 Å². The van der Waals surface area contributed by atoms with Gasteiger partial charge in [0.05, 0.1) is 21.1 Å². The van der Waals surface area contributed by atoms with E-state index < -0.39 is 7.32 Å². The van der Waals surface area contributed by atoms with Gasteiger partial charge in [-0.05, 0) is 30.2 Å². The molecule has 0 saturated carbocycles. The predicted octanol–water partition coefficient (Wildman–Crippen LogP) is 2.81. The van der Waals surface area contributed by atoms with E-state index in [1.54, 1.807) is 0 Å². The van der Waals surface area contributed by atoms with Crippen LogP contribution >= 0.6 is 0 Å². The van der Waals surface area contributed by atoms with Crippen LogP contribution in [0.5, 0.6) is 11.5 Å². The van der Waals surface area contributed by atoms with E-state index in [1.807, 2.05) is 60.7 Å². The molecular formula is C18H21BNO3+. The normalized spacial score (nSPS) is 10.2. The summed E-state index contributed by atoms with van der Waals surface area (Å²) in [5, 5.41) is 0. The van der Waals surface area contributed by atoms with Gasteiger partial charge in [-0.3, -0.25) is 0 Å². The van der Waals surface area contributed by atoms with Crippen LogP contribution in [0.4, 0.5) is 0 Å². The van der Waals surface area contributed by atoms with Crippen molar-refractivity contribution in [2.45, 2.75) is 0 Å². The van der Waals surface area contributed by atoms with Crippen molar-refractivity contribution in [2.24, 2.45) is 0 Å². The smallest absolute Gasteiger partial charge is 0.489 e. The summed E-state index contributed by atoms with van der Waals surface area (Å²) in [6, 6.07) is 18.7. The van der Waals surface area contributed by atoms with Crippen molar-refractivity contribution in [3.8, 4) is 23.5 Å². The third kappa shape index (κ3) is 6.81. The molecule has 0 heterocycles. The molecule has 0 atom stereocenters. The topological polar surface area (TPSA) is 27.7 Å². The molecule has 0 aromatic heterocycles. The van der Waals surface area contributed by atoms with Crippen molar-refractivity contribution in [3.63, 3.8) is 0 Å². The summed E-state index contributed by atoms with van der Waals surface area (Å²) in [6.45, 7) is 0.670. The van der Waals surface area contributed by atoms with Crippen LogP contribution in [0, 0.1) is 12.0 Å². The number of benzene rings is 2. The van der Waals surface area contributed by atoms with Gasteiger partial charge in [-0.15, -0.1) is 0 Å². The lowest BCUT2D eigenvalue weighted by Crippen LogP contribution is -2.35. The molecule has 0 bridgehead atoms. The molecule has 23 heavy (non-hydrogen) atoms. The summed E-state index contributed by atoms with van der Waals surface area (Å²) >= 11 is 0. The van der Waals surface area contributed by atoms with Gasteiger partial charge < -0.3 is 18.4 Å². The Morgan fingerprint density at radius 2 is 1.30 bits per heavy atom. The van der Waals surface area contributed by atoms with E-state index in [4.69, 9.17) is 14.0 Å². The quantitative estimate of drug-likeness (QED) is 0.466. The fraction of sp³-hybridized carbons (Fsp3) is 0.222. The zero-order chi connectivity index (χ0) is 16.5. The van der Waals surface area contributed by atoms with Crippen molar-refractivity contribution in [3.05, 3.63) is 60.7 Å². The van der Waals surface area contributed by atoms with Crippen LogP contribution in [0.1, 0.15) is 0 Å². The first-order valence-electron chi connectivity index (χ1n) is 7.40. The van der Waals surface area contributed by atoms with Gasteiger partial charge in [-0.2, -0.15) is 0 Å². The van der Waals surface area contributed by atoms with Crippen LogP contribution in [0.3, 0.4) is 0 Å². The molecular weight excluding hydrogens is 289 g/mol. The van der Waals surface area contributed by atoms with Gasteiger partial charge in [0.15, 0.2) is 0 Å². The van der Waals surface area contributed by atoms with Gasteiger partial charge >= 0.3 is 7.32 Å². The summed E-state index contributed by atoms with van der Waals surface area (Å²) in [4.78, 5) is 0. The number of hydrogen-bond donors (Lipinski definition) is 0. The molecule has 0 aliphatic carbocycles. The Hall–Kier alpha value is -2.58. The first kappa shape index (κ1) is 16.8. The van der Waals surface area contributed by atoms with Crippen LogP contribution in [-0.2, 0) is 4.65 Å². The second-order valence-corrected chi connectivity index (χ2v) is 6.00. The van der Waals surface area contributed by atoms with E-state index in [1.165, 1.54) is 0 Å². The molecule has 118 valence electrons. The molecule has 5 heteroatoms. The molecule has 0 aliphatic rings. The molecule has 0 unspecified atom stereocenters. The molecule has 0 radical (unpaired) electrons. The summed E-state index contributed by atoms with van der Waals surface area (Å²) in [7, 11) is 5.26. The highest BCUT2D eigenvalue weighted by Crippen LogP contribution is 2.14. The van der Waals surface area contributed by atoms with E-state index in [0.29, 0.717) is 18.0 Å². The molecule has 0 aliphatic heterocycles. The van der Waals surface area contributed by atoms with E-state index in [2.05, 4.69) is 33.2 Å².